The third-order valence-corrected chi connectivity index (χ3v) is 5.64. The van der Waals surface area contributed by atoms with Crippen molar-refractivity contribution < 1.29 is 4.79 Å². The van der Waals surface area contributed by atoms with Crippen LogP contribution in [-0.4, -0.2) is 17.4 Å². The molecule has 0 radical (unpaired) electrons. The van der Waals surface area contributed by atoms with Crippen molar-refractivity contribution >= 4 is 38.4 Å². The van der Waals surface area contributed by atoms with E-state index in [9.17, 15) is 4.79 Å². The number of amides is 1. The van der Waals surface area contributed by atoms with Crippen molar-refractivity contribution in [3.05, 3.63) is 69.8 Å². The Morgan fingerprint density at radius 3 is 2.80 bits per heavy atom. The summed E-state index contributed by atoms with van der Waals surface area (Å²) >= 11 is 3.52. The van der Waals surface area contributed by atoms with E-state index >= 15 is 0 Å². The van der Waals surface area contributed by atoms with Crippen LogP contribution in [0.15, 0.2) is 53.0 Å². The maximum atomic E-state index is 13.4. The highest BCUT2D eigenvalue weighted by molar-refractivity contribution is 9.10. The molecule has 1 amide bonds. The Hall–Kier alpha value is -2.20. The van der Waals surface area contributed by atoms with E-state index in [2.05, 4.69) is 22.0 Å². The second kappa shape index (κ2) is 5.67. The Morgan fingerprint density at radius 1 is 1.12 bits per heavy atom. The van der Waals surface area contributed by atoms with Crippen LogP contribution in [0.25, 0.3) is 10.9 Å². The van der Waals surface area contributed by atoms with Gasteiger partial charge in [-0.1, -0.05) is 34.1 Å². The fourth-order valence-corrected chi connectivity index (χ4v) is 4.10. The predicted molar refractivity (Wildman–Crippen MR) is 103 cm³/mol. The van der Waals surface area contributed by atoms with Gasteiger partial charge in [0.05, 0.1) is 11.1 Å². The smallest absolute Gasteiger partial charge is 0.259 e. The number of hydrogen-bond donors (Lipinski definition) is 0. The molecule has 1 aliphatic heterocycles. The number of para-hydroxylation sites is 1. The lowest BCUT2D eigenvalue weighted by molar-refractivity contribution is 0.0991. The summed E-state index contributed by atoms with van der Waals surface area (Å²) in [4.78, 5) is 20.1. The van der Waals surface area contributed by atoms with Crippen LogP contribution in [0.3, 0.4) is 0 Å². The molecule has 1 saturated carbocycles. The van der Waals surface area contributed by atoms with E-state index in [0.29, 0.717) is 5.92 Å². The minimum absolute atomic E-state index is 0.0848. The Kier molecular flexibility index (Phi) is 3.42. The van der Waals surface area contributed by atoms with Crippen molar-refractivity contribution in [1.29, 1.82) is 0 Å². The van der Waals surface area contributed by atoms with E-state index in [1.807, 2.05) is 47.4 Å². The number of rotatable bonds is 2. The van der Waals surface area contributed by atoms with E-state index in [1.165, 1.54) is 18.4 Å². The summed E-state index contributed by atoms with van der Waals surface area (Å²) < 4.78 is 1.06. The van der Waals surface area contributed by atoms with E-state index in [0.717, 1.165) is 45.3 Å². The van der Waals surface area contributed by atoms with Crippen LogP contribution in [0, 0.1) is 0 Å². The van der Waals surface area contributed by atoms with Crippen molar-refractivity contribution in [1.82, 2.24) is 4.98 Å². The molecule has 1 fully saturated rings. The zero-order valence-electron chi connectivity index (χ0n) is 13.7. The average molecular weight is 393 g/mol. The Balaban J connectivity index is 1.63. The molecule has 4 heteroatoms. The molecular weight excluding hydrogens is 376 g/mol. The first-order valence-corrected chi connectivity index (χ1v) is 9.50. The van der Waals surface area contributed by atoms with Gasteiger partial charge in [0.1, 0.15) is 0 Å². The molecule has 2 aliphatic rings. The highest BCUT2D eigenvalue weighted by Gasteiger charge is 2.30. The summed E-state index contributed by atoms with van der Waals surface area (Å²) in [6.45, 7) is 0.736. The van der Waals surface area contributed by atoms with Crippen LogP contribution in [0.1, 0.15) is 40.4 Å². The monoisotopic (exact) mass is 392 g/mol. The topological polar surface area (TPSA) is 33.2 Å². The second-order valence-electron chi connectivity index (χ2n) is 6.87. The average Bonchev–Trinajstić information content (AvgIpc) is 3.40. The molecule has 3 nitrogen and oxygen atoms in total. The zero-order chi connectivity index (χ0) is 17.0. The predicted octanol–water partition coefficient (Wildman–Crippen LogP) is 5.08. The lowest BCUT2D eigenvalue weighted by atomic mass is 10.0. The third kappa shape index (κ3) is 2.56. The number of pyridine rings is 1. The number of benzene rings is 2. The fraction of sp³-hybridized carbons (Fsp3) is 0.238. The summed E-state index contributed by atoms with van der Waals surface area (Å²) in [5, 5.41) is 0.947. The molecule has 0 bridgehead atoms. The van der Waals surface area contributed by atoms with Gasteiger partial charge in [0.2, 0.25) is 0 Å². The van der Waals surface area contributed by atoms with E-state index in [4.69, 9.17) is 4.98 Å². The van der Waals surface area contributed by atoms with Gasteiger partial charge in [-0.25, -0.2) is 0 Å². The van der Waals surface area contributed by atoms with E-state index in [-0.39, 0.29) is 5.91 Å². The number of nitrogens with zero attached hydrogens (tertiary/aromatic N) is 2. The normalized spacial score (nSPS) is 16.3. The molecule has 1 aliphatic carbocycles. The SMILES string of the molecule is O=C(c1cc(C2CC2)nc2ccccc12)N1CCc2cc(Br)ccc21. The van der Waals surface area contributed by atoms with Gasteiger partial charge in [0, 0.05) is 33.7 Å². The lowest BCUT2D eigenvalue weighted by Crippen LogP contribution is -2.29. The molecule has 0 unspecified atom stereocenters. The molecule has 0 saturated heterocycles. The molecule has 2 heterocycles. The molecular formula is C21H17BrN2O. The Morgan fingerprint density at radius 2 is 1.96 bits per heavy atom. The number of carbonyl (C=O) groups excluding carboxylic acids is 1. The summed E-state index contributed by atoms with van der Waals surface area (Å²) in [7, 11) is 0. The molecule has 2 aromatic carbocycles. The number of carbonyl (C=O) groups is 1. The molecule has 25 heavy (non-hydrogen) atoms. The van der Waals surface area contributed by atoms with E-state index in [1.54, 1.807) is 0 Å². The number of hydrogen-bond acceptors (Lipinski definition) is 2. The summed E-state index contributed by atoms with van der Waals surface area (Å²) in [5.41, 5.74) is 5.02. The molecule has 5 rings (SSSR count). The van der Waals surface area contributed by atoms with Crippen molar-refractivity contribution in [2.24, 2.45) is 0 Å². The quantitative estimate of drug-likeness (QED) is 0.609. The molecule has 124 valence electrons. The molecule has 3 aromatic rings. The van der Waals surface area contributed by atoms with Crippen LogP contribution in [-0.2, 0) is 6.42 Å². The van der Waals surface area contributed by atoms with Gasteiger partial charge in [-0.05, 0) is 55.2 Å². The molecule has 0 N–H and O–H groups in total. The van der Waals surface area contributed by atoms with Crippen LogP contribution in [0.4, 0.5) is 5.69 Å². The number of fused-ring (bicyclic) bond motifs is 2. The first-order chi connectivity index (χ1) is 12.2. The van der Waals surface area contributed by atoms with E-state index < -0.39 is 0 Å². The lowest BCUT2D eigenvalue weighted by Gasteiger charge is -2.19. The second-order valence-corrected chi connectivity index (χ2v) is 7.78. The highest BCUT2D eigenvalue weighted by atomic mass is 79.9. The zero-order valence-corrected chi connectivity index (χ0v) is 15.3. The largest absolute Gasteiger partial charge is 0.308 e. The van der Waals surface area contributed by atoms with Crippen LogP contribution in [0.5, 0.6) is 0 Å². The minimum Gasteiger partial charge on any atom is -0.308 e. The summed E-state index contributed by atoms with van der Waals surface area (Å²) in [6.07, 6.45) is 3.26. The molecule has 1 aromatic heterocycles. The Labute approximate surface area is 154 Å². The first-order valence-electron chi connectivity index (χ1n) is 8.71. The van der Waals surface area contributed by atoms with Crippen molar-refractivity contribution in [2.45, 2.75) is 25.2 Å². The Bertz CT molecular complexity index is 1010. The van der Waals surface area contributed by atoms with Gasteiger partial charge in [0.25, 0.3) is 5.91 Å². The highest BCUT2D eigenvalue weighted by Crippen LogP contribution is 2.41. The van der Waals surface area contributed by atoms with Crippen molar-refractivity contribution in [3.63, 3.8) is 0 Å². The van der Waals surface area contributed by atoms with Gasteiger partial charge >= 0.3 is 0 Å². The fourth-order valence-electron chi connectivity index (χ4n) is 3.69. The van der Waals surface area contributed by atoms with Crippen LogP contribution >= 0.6 is 15.9 Å². The van der Waals surface area contributed by atoms with Crippen molar-refractivity contribution in [3.8, 4) is 0 Å². The van der Waals surface area contributed by atoms with Gasteiger partial charge in [0.15, 0.2) is 0 Å². The van der Waals surface area contributed by atoms with Gasteiger partial charge in [-0.15, -0.1) is 0 Å². The number of halogens is 1. The van der Waals surface area contributed by atoms with Gasteiger partial charge in [-0.3, -0.25) is 9.78 Å². The summed E-state index contributed by atoms with van der Waals surface area (Å²) in [6, 6.07) is 16.2. The standard InChI is InChI=1S/C21H17BrN2O/c22-15-7-8-20-14(11-15)9-10-24(20)21(25)17-12-19(13-5-6-13)23-18-4-2-1-3-16(17)18/h1-4,7-8,11-13H,5-6,9-10H2. The van der Waals surface area contributed by atoms with Gasteiger partial charge in [-0.2, -0.15) is 0 Å². The molecule has 0 atom stereocenters. The third-order valence-electron chi connectivity index (χ3n) is 5.14. The minimum atomic E-state index is 0.0848. The number of aromatic nitrogens is 1. The maximum absolute atomic E-state index is 13.4. The molecule has 0 spiro atoms. The number of anilines is 1. The summed E-state index contributed by atoms with van der Waals surface area (Å²) in [5.74, 6) is 0.611. The van der Waals surface area contributed by atoms with Crippen LogP contribution in [0.2, 0.25) is 0 Å². The van der Waals surface area contributed by atoms with Gasteiger partial charge < -0.3 is 4.90 Å². The van der Waals surface area contributed by atoms with Crippen LogP contribution < -0.4 is 4.90 Å². The first kappa shape index (κ1) is 15.1. The maximum Gasteiger partial charge on any atom is 0.259 e. The van der Waals surface area contributed by atoms with Crippen molar-refractivity contribution in [2.75, 3.05) is 11.4 Å².